The molecule has 1 aromatic heterocycles. The smallest absolute Gasteiger partial charge is 0.306 e. The van der Waals surface area contributed by atoms with Crippen LogP contribution in [-0.2, 0) is 11.2 Å². The van der Waals surface area contributed by atoms with E-state index >= 15 is 0 Å². The summed E-state index contributed by atoms with van der Waals surface area (Å²) in [5, 5.41) is 19.5. The van der Waals surface area contributed by atoms with Crippen LogP contribution in [0.5, 0.6) is 0 Å². The van der Waals surface area contributed by atoms with E-state index in [1.54, 1.807) is 19.9 Å². The first kappa shape index (κ1) is 16.1. The summed E-state index contributed by atoms with van der Waals surface area (Å²) in [7, 11) is 0. The summed E-state index contributed by atoms with van der Waals surface area (Å²) in [5.74, 6) is -1.37. The van der Waals surface area contributed by atoms with Crippen molar-refractivity contribution < 1.29 is 14.7 Å². The molecule has 2 N–H and O–H groups in total. The molecule has 110 valence electrons. The predicted molar refractivity (Wildman–Crippen MR) is 74.5 cm³/mol. The number of aliphatic carboxylic acids is 1. The van der Waals surface area contributed by atoms with Crippen LogP contribution < -0.4 is 5.32 Å². The molecule has 0 fully saturated rings. The zero-order chi connectivity index (χ0) is 15.1. The van der Waals surface area contributed by atoms with Crippen LogP contribution in [0.2, 0.25) is 0 Å². The molecule has 0 saturated carbocycles. The van der Waals surface area contributed by atoms with E-state index in [2.05, 4.69) is 15.5 Å². The minimum absolute atomic E-state index is 0.178. The Labute approximate surface area is 118 Å². The lowest BCUT2D eigenvalue weighted by Crippen LogP contribution is -2.27. The van der Waals surface area contributed by atoms with Gasteiger partial charge in [-0.1, -0.05) is 13.8 Å². The lowest BCUT2D eigenvalue weighted by atomic mass is 10.1. The summed E-state index contributed by atoms with van der Waals surface area (Å²) >= 11 is 0. The Bertz CT molecular complexity index is 489. The molecular weight excluding hydrogens is 258 g/mol. The van der Waals surface area contributed by atoms with Gasteiger partial charge in [0.25, 0.3) is 5.91 Å². The summed E-state index contributed by atoms with van der Waals surface area (Å²) < 4.78 is 0. The monoisotopic (exact) mass is 279 g/mol. The highest BCUT2D eigenvalue weighted by Gasteiger charge is 2.13. The molecule has 0 saturated heterocycles. The van der Waals surface area contributed by atoms with Gasteiger partial charge in [-0.05, 0) is 32.3 Å². The summed E-state index contributed by atoms with van der Waals surface area (Å²) in [6, 6.07) is 1.72. The molecule has 1 amide bonds. The van der Waals surface area contributed by atoms with Gasteiger partial charge in [0.15, 0.2) is 0 Å². The number of aryl methyl sites for hydroxylation is 2. The highest BCUT2D eigenvalue weighted by Crippen LogP contribution is 2.08. The highest BCUT2D eigenvalue weighted by molar-refractivity contribution is 5.95. The fraction of sp³-hybridized carbons (Fsp3) is 0.571. The number of carboxylic acids is 1. The summed E-state index contributed by atoms with van der Waals surface area (Å²) in [5.41, 5.74) is 1.92. The Morgan fingerprint density at radius 3 is 2.70 bits per heavy atom. The molecule has 0 aliphatic heterocycles. The van der Waals surface area contributed by atoms with Gasteiger partial charge in [-0.3, -0.25) is 9.59 Å². The van der Waals surface area contributed by atoms with Crippen LogP contribution in [0.25, 0.3) is 0 Å². The van der Waals surface area contributed by atoms with Gasteiger partial charge >= 0.3 is 5.97 Å². The number of nitrogens with zero attached hydrogens (tertiary/aromatic N) is 2. The van der Waals surface area contributed by atoms with Crippen LogP contribution in [0, 0.1) is 12.8 Å². The maximum atomic E-state index is 12.1. The standard InChI is InChI=1S/C14H21N3O3/c1-4-12-11(8-10(3)16-17-12)13(18)15-7-5-6-9(2)14(19)20/h8-9H,4-7H2,1-3H3,(H,15,18)(H,19,20). The molecule has 20 heavy (non-hydrogen) atoms. The molecule has 0 bridgehead atoms. The van der Waals surface area contributed by atoms with Crippen LogP contribution in [0.1, 0.15) is 48.4 Å². The second-order valence-corrected chi connectivity index (χ2v) is 4.84. The first-order valence-corrected chi connectivity index (χ1v) is 6.79. The van der Waals surface area contributed by atoms with Crippen molar-refractivity contribution in [2.45, 2.75) is 40.0 Å². The van der Waals surface area contributed by atoms with Crippen LogP contribution in [0.3, 0.4) is 0 Å². The van der Waals surface area contributed by atoms with Crippen LogP contribution in [0.4, 0.5) is 0 Å². The fourth-order valence-corrected chi connectivity index (χ4v) is 1.80. The van der Waals surface area contributed by atoms with Gasteiger partial charge in [-0.25, -0.2) is 0 Å². The third-order valence-corrected chi connectivity index (χ3v) is 3.09. The van der Waals surface area contributed by atoms with Crippen molar-refractivity contribution in [1.82, 2.24) is 15.5 Å². The van der Waals surface area contributed by atoms with Gasteiger partial charge in [0, 0.05) is 6.54 Å². The molecule has 0 spiro atoms. The zero-order valence-corrected chi connectivity index (χ0v) is 12.1. The normalized spacial score (nSPS) is 11.9. The number of hydrogen-bond acceptors (Lipinski definition) is 4. The second-order valence-electron chi connectivity index (χ2n) is 4.84. The second kappa shape index (κ2) is 7.57. The van der Waals surface area contributed by atoms with Crippen molar-refractivity contribution in [2.24, 2.45) is 5.92 Å². The number of hydrogen-bond donors (Lipinski definition) is 2. The SMILES string of the molecule is CCc1nnc(C)cc1C(=O)NCCCC(C)C(=O)O. The molecule has 6 heteroatoms. The minimum Gasteiger partial charge on any atom is -0.481 e. The largest absolute Gasteiger partial charge is 0.481 e. The molecule has 0 aliphatic rings. The average molecular weight is 279 g/mol. The molecule has 1 rings (SSSR count). The average Bonchev–Trinajstić information content (AvgIpc) is 2.42. The van der Waals surface area contributed by atoms with Crippen molar-refractivity contribution >= 4 is 11.9 Å². The molecule has 1 heterocycles. The lowest BCUT2D eigenvalue weighted by Gasteiger charge is -2.09. The maximum absolute atomic E-state index is 12.1. The summed E-state index contributed by atoms with van der Waals surface area (Å²) in [4.78, 5) is 22.7. The molecule has 0 aliphatic carbocycles. The minimum atomic E-state index is -0.807. The third kappa shape index (κ3) is 4.60. The zero-order valence-electron chi connectivity index (χ0n) is 12.1. The van der Waals surface area contributed by atoms with Crippen LogP contribution in [-0.4, -0.2) is 33.7 Å². The van der Waals surface area contributed by atoms with Gasteiger partial charge in [-0.15, -0.1) is 0 Å². The van der Waals surface area contributed by atoms with Gasteiger partial charge in [0.05, 0.1) is 22.9 Å². The number of rotatable bonds is 7. The van der Waals surface area contributed by atoms with Gasteiger partial charge in [-0.2, -0.15) is 10.2 Å². The first-order valence-electron chi connectivity index (χ1n) is 6.79. The third-order valence-electron chi connectivity index (χ3n) is 3.09. The Balaban J connectivity index is 2.51. The van der Waals surface area contributed by atoms with E-state index in [9.17, 15) is 9.59 Å². The number of aromatic nitrogens is 2. The van der Waals surface area contributed by atoms with Crippen molar-refractivity contribution in [2.75, 3.05) is 6.54 Å². The van der Waals surface area contributed by atoms with Crippen LogP contribution in [0.15, 0.2) is 6.07 Å². The van der Waals surface area contributed by atoms with Crippen molar-refractivity contribution in [3.05, 3.63) is 23.0 Å². The van der Waals surface area contributed by atoms with E-state index < -0.39 is 5.97 Å². The van der Waals surface area contributed by atoms with Gasteiger partial charge < -0.3 is 10.4 Å². The highest BCUT2D eigenvalue weighted by atomic mass is 16.4. The van der Waals surface area contributed by atoms with Gasteiger partial charge in [0.1, 0.15) is 0 Å². The van der Waals surface area contributed by atoms with E-state index in [0.29, 0.717) is 42.8 Å². The Morgan fingerprint density at radius 1 is 1.40 bits per heavy atom. The van der Waals surface area contributed by atoms with E-state index in [4.69, 9.17) is 5.11 Å². The predicted octanol–water partition coefficient (Wildman–Crippen LogP) is 1.58. The van der Waals surface area contributed by atoms with E-state index in [1.807, 2.05) is 6.92 Å². The molecule has 1 atom stereocenters. The molecule has 0 aromatic carbocycles. The number of carbonyl (C=O) groups excluding carboxylic acids is 1. The first-order chi connectivity index (χ1) is 9.45. The molecule has 0 radical (unpaired) electrons. The van der Waals surface area contributed by atoms with Crippen molar-refractivity contribution in [1.29, 1.82) is 0 Å². The number of carboxylic acid groups (broad SMARTS) is 1. The summed E-state index contributed by atoms with van der Waals surface area (Å²) in [6.07, 6.45) is 1.83. The molecule has 1 unspecified atom stereocenters. The van der Waals surface area contributed by atoms with Gasteiger partial charge in [0.2, 0.25) is 0 Å². The Hall–Kier alpha value is -1.98. The maximum Gasteiger partial charge on any atom is 0.306 e. The van der Waals surface area contributed by atoms with Crippen molar-refractivity contribution in [3.63, 3.8) is 0 Å². The molecule has 1 aromatic rings. The lowest BCUT2D eigenvalue weighted by molar-refractivity contribution is -0.141. The van der Waals surface area contributed by atoms with E-state index in [0.717, 1.165) is 0 Å². The van der Waals surface area contributed by atoms with E-state index in [-0.39, 0.29) is 11.8 Å². The number of nitrogens with one attached hydrogen (secondary N) is 1. The quantitative estimate of drug-likeness (QED) is 0.739. The van der Waals surface area contributed by atoms with E-state index in [1.165, 1.54) is 0 Å². The Kier molecular flexibility index (Phi) is 6.09. The Morgan fingerprint density at radius 2 is 2.10 bits per heavy atom. The van der Waals surface area contributed by atoms with Crippen LogP contribution >= 0.6 is 0 Å². The topological polar surface area (TPSA) is 92.2 Å². The molecular formula is C14H21N3O3. The molecule has 6 nitrogen and oxygen atoms in total. The van der Waals surface area contributed by atoms with Crippen molar-refractivity contribution in [3.8, 4) is 0 Å². The fourth-order valence-electron chi connectivity index (χ4n) is 1.80. The number of carbonyl (C=O) groups is 2. The number of amides is 1. The summed E-state index contributed by atoms with van der Waals surface area (Å²) in [6.45, 7) is 5.83.